The summed E-state index contributed by atoms with van der Waals surface area (Å²) in [5, 5.41) is 11.8. The summed E-state index contributed by atoms with van der Waals surface area (Å²) in [6.07, 6.45) is 3.16. The molecule has 6 nitrogen and oxygen atoms in total. The standard InChI is InChI=1S/C19H22ClNO5S/c1-25-14-5-3-4-11(17(14)26-2)18-12-8-10(20)6-7-13(12)21-19(24)15(27-18)9-16(22)23/h5-8,11,15,17-18H,3-4,9H2,1-2H3,(H,21,24)(H,22,23)/t11?,15-,17?,18-/m1/s1. The zero-order chi connectivity index (χ0) is 19.6. The van der Waals surface area contributed by atoms with Gasteiger partial charge in [0.25, 0.3) is 0 Å². The second-order valence-corrected chi connectivity index (χ2v) is 8.36. The van der Waals surface area contributed by atoms with E-state index in [0.717, 1.165) is 24.2 Å². The van der Waals surface area contributed by atoms with Crippen LogP contribution in [0.25, 0.3) is 0 Å². The lowest BCUT2D eigenvalue weighted by molar-refractivity contribution is -0.138. The first-order valence-electron chi connectivity index (χ1n) is 8.69. The van der Waals surface area contributed by atoms with Crippen molar-refractivity contribution in [2.45, 2.75) is 35.9 Å². The average Bonchev–Trinajstić information content (AvgIpc) is 2.77. The van der Waals surface area contributed by atoms with Crippen molar-refractivity contribution in [3.63, 3.8) is 0 Å². The fourth-order valence-corrected chi connectivity index (χ4v) is 5.51. The van der Waals surface area contributed by atoms with Crippen molar-refractivity contribution >= 4 is 40.9 Å². The van der Waals surface area contributed by atoms with Crippen molar-refractivity contribution in [3.05, 3.63) is 40.6 Å². The number of amides is 1. The van der Waals surface area contributed by atoms with Gasteiger partial charge in [-0.15, -0.1) is 11.8 Å². The van der Waals surface area contributed by atoms with Gasteiger partial charge in [0.15, 0.2) is 0 Å². The number of rotatable bonds is 5. The number of ether oxygens (including phenoxy) is 2. The third-order valence-corrected chi connectivity index (χ3v) is 6.78. The van der Waals surface area contributed by atoms with Crippen LogP contribution in [0.4, 0.5) is 5.69 Å². The van der Waals surface area contributed by atoms with E-state index in [-0.39, 0.29) is 29.6 Å². The van der Waals surface area contributed by atoms with Crippen molar-refractivity contribution in [1.82, 2.24) is 0 Å². The molecule has 0 radical (unpaired) electrons. The third kappa shape index (κ3) is 4.25. The molecule has 0 saturated carbocycles. The first-order chi connectivity index (χ1) is 12.9. The Hall–Kier alpha value is -1.70. The van der Waals surface area contributed by atoms with E-state index in [1.54, 1.807) is 26.4 Å². The molecule has 1 aromatic carbocycles. The maximum atomic E-state index is 12.6. The van der Waals surface area contributed by atoms with Crippen LogP contribution in [0.15, 0.2) is 30.0 Å². The van der Waals surface area contributed by atoms with Crippen LogP contribution in [0, 0.1) is 5.92 Å². The van der Waals surface area contributed by atoms with E-state index in [9.17, 15) is 14.7 Å². The van der Waals surface area contributed by atoms with Gasteiger partial charge in [0, 0.05) is 29.0 Å². The summed E-state index contributed by atoms with van der Waals surface area (Å²) in [4.78, 5) is 23.9. The van der Waals surface area contributed by atoms with Crippen LogP contribution in [0.1, 0.15) is 30.1 Å². The second-order valence-electron chi connectivity index (χ2n) is 6.57. The number of allylic oxidation sites excluding steroid dienone is 1. The molecule has 3 rings (SSSR count). The molecule has 0 fully saturated rings. The number of aliphatic carboxylic acids is 1. The zero-order valence-electron chi connectivity index (χ0n) is 15.1. The van der Waals surface area contributed by atoms with Crippen molar-refractivity contribution in [3.8, 4) is 0 Å². The number of benzene rings is 1. The number of anilines is 1. The number of carboxylic acid groups (broad SMARTS) is 1. The van der Waals surface area contributed by atoms with Crippen LogP contribution < -0.4 is 5.32 Å². The molecular weight excluding hydrogens is 390 g/mol. The van der Waals surface area contributed by atoms with Gasteiger partial charge in [-0.25, -0.2) is 0 Å². The average molecular weight is 412 g/mol. The number of fused-ring (bicyclic) bond motifs is 1. The summed E-state index contributed by atoms with van der Waals surface area (Å²) in [5.41, 5.74) is 1.55. The summed E-state index contributed by atoms with van der Waals surface area (Å²) in [6, 6.07) is 5.33. The summed E-state index contributed by atoms with van der Waals surface area (Å²) in [5.74, 6) is -0.534. The fourth-order valence-electron chi connectivity index (χ4n) is 3.74. The second kappa shape index (κ2) is 8.54. The highest BCUT2D eigenvalue weighted by Crippen LogP contribution is 2.50. The summed E-state index contributed by atoms with van der Waals surface area (Å²) in [6.45, 7) is 0. The van der Waals surface area contributed by atoms with Gasteiger partial charge in [0.1, 0.15) is 11.9 Å². The van der Waals surface area contributed by atoms with Gasteiger partial charge in [-0.1, -0.05) is 11.6 Å². The first kappa shape index (κ1) is 20.0. The Morgan fingerprint density at radius 2 is 2.19 bits per heavy atom. The minimum absolute atomic E-state index is 0.0150. The summed E-state index contributed by atoms with van der Waals surface area (Å²) >= 11 is 7.60. The monoisotopic (exact) mass is 411 g/mol. The van der Waals surface area contributed by atoms with Gasteiger partial charge in [0.2, 0.25) is 5.91 Å². The highest BCUT2D eigenvalue weighted by atomic mass is 35.5. The molecule has 0 bridgehead atoms. The molecule has 0 saturated heterocycles. The third-order valence-electron chi connectivity index (χ3n) is 4.93. The van der Waals surface area contributed by atoms with Crippen LogP contribution >= 0.6 is 23.4 Å². The van der Waals surface area contributed by atoms with Crippen LogP contribution in [0.5, 0.6) is 0 Å². The van der Waals surface area contributed by atoms with Crippen molar-refractivity contribution < 1.29 is 24.2 Å². The van der Waals surface area contributed by atoms with Gasteiger partial charge in [-0.2, -0.15) is 0 Å². The van der Waals surface area contributed by atoms with Gasteiger partial charge < -0.3 is 19.9 Å². The van der Waals surface area contributed by atoms with Gasteiger partial charge >= 0.3 is 5.97 Å². The molecule has 1 aliphatic heterocycles. The molecule has 0 aromatic heterocycles. The summed E-state index contributed by atoms with van der Waals surface area (Å²) in [7, 11) is 3.25. The molecular formula is C19H22ClNO5S. The zero-order valence-corrected chi connectivity index (χ0v) is 16.7. The van der Waals surface area contributed by atoms with Crippen LogP contribution in [0.3, 0.4) is 0 Å². The predicted octanol–water partition coefficient (Wildman–Crippen LogP) is 3.87. The van der Waals surface area contributed by atoms with Gasteiger partial charge in [0.05, 0.1) is 18.8 Å². The van der Waals surface area contributed by atoms with Gasteiger partial charge in [-0.3, -0.25) is 9.59 Å². The minimum atomic E-state index is -1.00. The molecule has 146 valence electrons. The number of hydrogen-bond acceptors (Lipinski definition) is 5. The Balaban J connectivity index is 2.04. The molecule has 0 spiro atoms. The summed E-state index contributed by atoms with van der Waals surface area (Å²) < 4.78 is 11.2. The van der Waals surface area contributed by atoms with Crippen LogP contribution in [-0.4, -0.2) is 42.6 Å². The Morgan fingerprint density at radius 3 is 2.85 bits per heavy atom. The number of carboxylic acids is 1. The predicted molar refractivity (Wildman–Crippen MR) is 105 cm³/mol. The van der Waals surface area contributed by atoms with E-state index in [1.807, 2.05) is 12.1 Å². The number of thioether (sulfide) groups is 1. The van der Waals surface area contributed by atoms with Crippen molar-refractivity contribution in [2.75, 3.05) is 19.5 Å². The van der Waals surface area contributed by atoms with Crippen LogP contribution in [-0.2, 0) is 19.1 Å². The highest BCUT2D eigenvalue weighted by Gasteiger charge is 2.41. The molecule has 4 atom stereocenters. The number of nitrogens with one attached hydrogen (secondary N) is 1. The lowest BCUT2D eigenvalue weighted by atomic mass is 9.84. The van der Waals surface area contributed by atoms with Gasteiger partial charge in [-0.05, 0) is 42.7 Å². The molecule has 27 heavy (non-hydrogen) atoms. The van der Waals surface area contributed by atoms with E-state index in [2.05, 4.69) is 5.32 Å². The first-order valence-corrected chi connectivity index (χ1v) is 10.0. The molecule has 8 heteroatoms. The van der Waals surface area contributed by atoms with Crippen LogP contribution in [0.2, 0.25) is 5.02 Å². The topological polar surface area (TPSA) is 84.9 Å². The lowest BCUT2D eigenvalue weighted by Gasteiger charge is -2.36. The Morgan fingerprint density at radius 1 is 1.41 bits per heavy atom. The Labute approximate surface area is 167 Å². The SMILES string of the molecule is COC1=CCCC([C@H]2S[C@H](CC(=O)O)C(=O)Nc3ccc(Cl)cc32)C1OC. The Bertz CT molecular complexity index is 768. The molecule has 2 aliphatic rings. The lowest BCUT2D eigenvalue weighted by Crippen LogP contribution is -2.33. The minimum Gasteiger partial charge on any atom is -0.499 e. The molecule has 1 amide bonds. The number of carbonyl (C=O) groups excluding carboxylic acids is 1. The van der Waals surface area contributed by atoms with E-state index in [1.165, 1.54) is 11.8 Å². The highest BCUT2D eigenvalue weighted by molar-refractivity contribution is 8.00. The molecule has 1 aromatic rings. The van der Waals surface area contributed by atoms with E-state index in [0.29, 0.717) is 10.7 Å². The fraction of sp³-hybridized carbons (Fsp3) is 0.474. The maximum Gasteiger partial charge on any atom is 0.305 e. The van der Waals surface area contributed by atoms with Crippen molar-refractivity contribution in [1.29, 1.82) is 0 Å². The molecule has 1 heterocycles. The number of hydrogen-bond donors (Lipinski definition) is 2. The maximum absolute atomic E-state index is 12.6. The van der Waals surface area contributed by atoms with E-state index < -0.39 is 11.2 Å². The normalized spacial score (nSPS) is 27.8. The Kier molecular flexibility index (Phi) is 6.34. The molecule has 1 aliphatic carbocycles. The van der Waals surface area contributed by atoms with E-state index >= 15 is 0 Å². The quantitative estimate of drug-likeness (QED) is 0.765. The number of halogens is 1. The smallest absolute Gasteiger partial charge is 0.305 e. The largest absolute Gasteiger partial charge is 0.499 e. The van der Waals surface area contributed by atoms with E-state index in [4.69, 9.17) is 21.1 Å². The number of methoxy groups -OCH3 is 2. The number of carbonyl (C=O) groups is 2. The molecule has 2 N–H and O–H groups in total. The van der Waals surface area contributed by atoms with Crippen molar-refractivity contribution in [2.24, 2.45) is 5.92 Å². The molecule has 2 unspecified atom stereocenters.